The molecule has 0 bridgehead atoms. The Hall–Kier alpha value is -3.26. The van der Waals surface area contributed by atoms with E-state index in [-0.39, 0.29) is 12.4 Å². The van der Waals surface area contributed by atoms with E-state index in [1.165, 1.54) is 12.4 Å². The maximum Gasteiger partial charge on any atom is 0.490 e. The molecule has 1 atom stereocenters. The van der Waals surface area contributed by atoms with Gasteiger partial charge in [0, 0.05) is 18.9 Å². The lowest BCUT2D eigenvalue weighted by Gasteiger charge is -2.14. The highest BCUT2D eigenvalue weighted by atomic mass is 32.2. The van der Waals surface area contributed by atoms with Gasteiger partial charge in [0.1, 0.15) is 0 Å². The molecule has 0 aliphatic carbocycles. The highest BCUT2D eigenvalue weighted by molar-refractivity contribution is 7.89. The van der Waals surface area contributed by atoms with Crippen LogP contribution in [0.15, 0.2) is 47.8 Å². The van der Waals surface area contributed by atoms with Crippen molar-refractivity contribution in [2.75, 3.05) is 11.9 Å². The Bertz CT molecular complexity index is 970. The van der Waals surface area contributed by atoms with Crippen LogP contribution in [0.5, 0.6) is 0 Å². The summed E-state index contributed by atoms with van der Waals surface area (Å²) in [4.78, 5) is 27.8. The third-order valence-corrected chi connectivity index (χ3v) is 4.20. The van der Waals surface area contributed by atoms with E-state index in [1.54, 1.807) is 0 Å². The van der Waals surface area contributed by atoms with Gasteiger partial charge < -0.3 is 15.5 Å². The molecule has 1 unspecified atom stereocenters. The second-order valence-electron chi connectivity index (χ2n) is 5.66. The van der Waals surface area contributed by atoms with Crippen LogP contribution >= 0.6 is 0 Å². The Morgan fingerprint density at radius 2 is 1.63 bits per heavy atom. The molecule has 2 rings (SSSR count). The number of sulfonamides is 1. The van der Waals surface area contributed by atoms with Gasteiger partial charge >= 0.3 is 18.1 Å². The molecule has 5 N–H and O–H groups in total. The number of rotatable bonds is 7. The zero-order chi connectivity index (χ0) is 22.9. The predicted octanol–water partition coefficient (Wildman–Crippen LogP) is 1.11. The number of halogens is 3. The number of alkyl halides is 3. The lowest BCUT2D eigenvalue weighted by Crippen LogP contribution is -2.26. The Labute approximate surface area is 168 Å². The van der Waals surface area contributed by atoms with Crippen LogP contribution in [-0.4, -0.2) is 53.3 Å². The number of nitrogens with zero attached hydrogens (tertiary/aromatic N) is 2. The molecular weight excluding hydrogens is 433 g/mol. The Morgan fingerprint density at radius 1 is 1.10 bits per heavy atom. The van der Waals surface area contributed by atoms with Gasteiger partial charge in [-0.2, -0.15) is 13.2 Å². The summed E-state index contributed by atoms with van der Waals surface area (Å²) in [6.45, 7) is -0.00849. The van der Waals surface area contributed by atoms with Crippen LogP contribution in [0.25, 0.3) is 0 Å². The number of primary sulfonamides is 1. The standard InChI is InChI=1S/C14H16N4O4S.C2HF3O2/c15-23(21,22)13-12(16-6-7-17-13)18-9-11(14(19)20)8-10-4-2-1-3-5-10;3-2(4,5)1(6)7/h1-7,11H,8-9H2,(H,16,18)(H,19,20)(H2,15,21,22);(H,6,7). The highest BCUT2D eigenvalue weighted by Gasteiger charge is 2.38. The van der Waals surface area contributed by atoms with E-state index in [4.69, 9.17) is 15.0 Å². The van der Waals surface area contributed by atoms with E-state index in [0.717, 1.165) is 5.56 Å². The zero-order valence-electron chi connectivity index (χ0n) is 15.1. The van der Waals surface area contributed by atoms with Gasteiger partial charge in [0.25, 0.3) is 10.0 Å². The summed E-state index contributed by atoms with van der Waals surface area (Å²) in [6, 6.07) is 9.14. The summed E-state index contributed by atoms with van der Waals surface area (Å²) in [5, 5.41) is 23.8. The van der Waals surface area contributed by atoms with Crippen molar-refractivity contribution in [3.8, 4) is 0 Å². The van der Waals surface area contributed by atoms with Gasteiger partial charge in [-0.25, -0.2) is 28.3 Å². The minimum Gasteiger partial charge on any atom is -0.481 e. The number of hydrogen-bond donors (Lipinski definition) is 4. The first kappa shape index (κ1) is 24.8. The van der Waals surface area contributed by atoms with Crippen LogP contribution in [0.4, 0.5) is 19.0 Å². The fourth-order valence-corrected chi connectivity index (χ4v) is 2.62. The van der Waals surface area contributed by atoms with Crippen molar-refractivity contribution < 1.29 is 41.4 Å². The van der Waals surface area contributed by atoms with Crippen molar-refractivity contribution in [1.82, 2.24) is 9.97 Å². The summed E-state index contributed by atoms with van der Waals surface area (Å²) in [5.74, 6) is -4.57. The largest absolute Gasteiger partial charge is 0.490 e. The number of aromatic nitrogens is 2. The van der Waals surface area contributed by atoms with Crippen LogP contribution in [0.1, 0.15) is 5.56 Å². The number of benzene rings is 1. The molecular formula is C16H17F3N4O6S. The number of aliphatic carboxylic acids is 2. The maximum atomic E-state index is 11.4. The van der Waals surface area contributed by atoms with Crippen LogP contribution in [0.3, 0.4) is 0 Å². The van der Waals surface area contributed by atoms with Crippen molar-refractivity contribution in [3.05, 3.63) is 48.3 Å². The Kier molecular flexibility index (Phi) is 8.67. The first-order chi connectivity index (χ1) is 13.8. The van der Waals surface area contributed by atoms with Gasteiger partial charge in [-0.3, -0.25) is 4.79 Å². The number of nitrogens with two attached hydrogens (primary N) is 1. The minimum absolute atomic E-state index is 0.00849. The topological polar surface area (TPSA) is 173 Å². The van der Waals surface area contributed by atoms with Crippen molar-refractivity contribution in [2.24, 2.45) is 11.1 Å². The van der Waals surface area contributed by atoms with Crippen molar-refractivity contribution >= 4 is 27.8 Å². The first-order valence-electron chi connectivity index (χ1n) is 7.97. The van der Waals surface area contributed by atoms with Crippen LogP contribution in [0, 0.1) is 5.92 Å². The van der Waals surface area contributed by atoms with E-state index in [0.29, 0.717) is 6.42 Å². The zero-order valence-corrected chi connectivity index (χ0v) is 15.9. The molecule has 0 radical (unpaired) electrons. The van der Waals surface area contributed by atoms with Gasteiger partial charge in [0.05, 0.1) is 5.92 Å². The molecule has 0 fully saturated rings. The summed E-state index contributed by atoms with van der Waals surface area (Å²) in [5.41, 5.74) is 0.868. The molecule has 1 heterocycles. The third-order valence-electron chi connectivity index (χ3n) is 3.37. The highest BCUT2D eigenvalue weighted by Crippen LogP contribution is 2.16. The van der Waals surface area contributed by atoms with Crippen molar-refractivity contribution in [2.45, 2.75) is 17.6 Å². The number of hydrogen-bond acceptors (Lipinski definition) is 7. The van der Waals surface area contributed by atoms with Crippen LogP contribution in [0.2, 0.25) is 0 Å². The Balaban J connectivity index is 0.000000553. The number of carbonyl (C=O) groups is 2. The molecule has 164 valence electrons. The van der Waals surface area contributed by atoms with Gasteiger partial charge in [-0.05, 0) is 12.0 Å². The molecule has 0 aliphatic rings. The van der Waals surface area contributed by atoms with E-state index in [9.17, 15) is 31.5 Å². The molecule has 0 saturated heterocycles. The summed E-state index contributed by atoms with van der Waals surface area (Å²) in [7, 11) is -4.04. The second kappa shape index (κ2) is 10.5. The van der Waals surface area contributed by atoms with E-state index in [1.807, 2.05) is 30.3 Å². The summed E-state index contributed by atoms with van der Waals surface area (Å²) >= 11 is 0. The molecule has 0 amide bonds. The van der Waals surface area contributed by atoms with Gasteiger partial charge in [-0.1, -0.05) is 30.3 Å². The van der Waals surface area contributed by atoms with Gasteiger partial charge in [0.2, 0.25) is 5.03 Å². The molecule has 0 spiro atoms. The molecule has 1 aromatic heterocycles. The van der Waals surface area contributed by atoms with Crippen LogP contribution in [-0.2, 0) is 26.0 Å². The van der Waals surface area contributed by atoms with E-state index < -0.39 is 39.1 Å². The van der Waals surface area contributed by atoms with Gasteiger partial charge in [-0.15, -0.1) is 0 Å². The molecule has 10 nitrogen and oxygen atoms in total. The smallest absolute Gasteiger partial charge is 0.481 e. The second-order valence-corrected chi connectivity index (χ2v) is 7.14. The minimum atomic E-state index is -5.08. The molecule has 2 aromatic rings. The molecule has 1 aromatic carbocycles. The molecule has 14 heteroatoms. The normalized spacial score (nSPS) is 12.3. The fourth-order valence-electron chi connectivity index (χ4n) is 2.02. The van der Waals surface area contributed by atoms with Crippen molar-refractivity contribution in [1.29, 1.82) is 0 Å². The van der Waals surface area contributed by atoms with Crippen molar-refractivity contribution in [3.63, 3.8) is 0 Å². The first-order valence-corrected chi connectivity index (χ1v) is 9.51. The fraction of sp³-hybridized carbons (Fsp3) is 0.250. The Morgan fingerprint density at radius 3 is 2.10 bits per heavy atom. The number of carboxylic acid groups (broad SMARTS) is 2. The quantitative estimate of drug-likeness (QED) is 0.482. The summed E-state index contributed by atoms with van der Waals surface area (Å²) in [6.07, 6.45) is -2.29. The predicted molar refractivity (Wildman–Crippen MR) is 96.9 cm³/mol. The van der Waals surface area contributed by atoms with E-state index >= 15 is 0 Å². The average molecular weight is 450 g/mol. The number of anilines is 1. The lowest BCUT2D eigenvalue weighted by molar-refractivity contribution is -0.192. The molecule has 0 aliphatic heterocycles. The maximum absolute atomic E-state index is 11.4. The molecule has 0 saturated carbocycles. The monoisotopic (exact) mass is 450 g/mol. The molecule has 30 heavy (non-hydrogen) atoms. The number of nitrogens with one attached hydrogen (secondary N) is 1. The third kappa shape index (κ3) is 8.40. The lowest BCUT2D eigenvalue weighted by atomic mass is 9.99. The van der Waals surface area contributed by atoms with Crippen LogP contribution < -0.4 is 10.5 Å². The number of carboxylic acids is 2. The SMILES string of the molecule is NS(=O)(=O)c1nccnc1NCC(Cc1ccccc1)C(=O)O.O=C(O)C(F)(F)F. The van der Waals surface area contributed by atoms with E-state index in [2.05, 4.69) is 15.3 Å². The van der Waals surface area contributed by atoms with Gasteiger partial charge in [0.15, 0.2) is 5.82 Å². The average Bonchev–Trinajstić information content (AvgIpc) is 2.65. The summed E-state index contributed by atoms with van der Waals surface area (Å²) < 4.78 is 54.6.